The normalized spacial score (nSPS) is 12.8. The van der Waals surface area contributed by atoms with Crippen LogP contribution in [0.3, 0.4) is 0 Å². The van der Waals surface area contributed by atoms with E-state index in [0.717, 1.165) is 26.3 Å². The van der Waals surface area contributed by atoms with E-state index in [4.69, 9.17) is 4.74 Å². The molecule has 0 spiro atoms. The minimum absolute atomic E-state index is 0.0146. The van der Waals surface area contributed by atoms with Gasteiger partial charge in [0.2, 0.25) is 11.8 Å². The lowest BCUT2D eigenvalue weighted by Gasteiger charge is -2.35. The van der Waals surface area contributed by atoms with E-state index < -0.39 is 34.5 Å². The Bertz CT molecular complexity index is 1440. The first-order valence-electron chi connectivity index (χ1n) is 13.7. The molecule has 42 heavy (non-hydrogen) atoms. The molecule has 0 unspecified atom stereocenters. The fourth-order valence-electron chi connectivity index (χ4n) is 4.29. The predicted octanol–water partition coefficient (Wildman–Crippen LogP) is 4.00. The molecule has 0 fully saturated rings. The zero-order valence-corrected chi connectivity index (χ0v) is 25.5. The van der Waals surface area contributed by atoms with Gasteiger partial charge < -0.3 is 15.0 Å². The van der Waals surface area contributed by atoms with Crippen LogP contribution in [-0.4, -0.2) is 69.3 Å². The largest absolute Gasteiger partial charge is 0.497 e. The Balaban J connectivity index is 2.11. The van der Waals surface area contributed by atoms with Crippen LogP contribution in [0.5, 0.6) is 5.75 Å². The van der Waals surface area contributed by atoms with Crippen LogP contribution in [0.4, 0.5) is 10.1 Å². The summed E-state index contributed by atoms with van der Waals surface area (Å²) in [5.41, 5.74) is 1.64. The van der Waals surface area contributed by atoms with E-state index in [2.05, 4.69) is 5.32 Å². The molecular formula is C31H39FN4O5S. The molecule has 0 aromatic heterocycles. The summed E-state index contributed by atoms with van der Waals surface area (Å²) in [5.74, 6) is -0.927. The Hall–Kier alpha value is -3.96. The van der Waals surface area contributed by atoms with E-state index in [0.29, 0.717) is 17.7 Å². The fraction of sp³-hybridized carbons (Fsp3) is 0.355. The Morgan fingerprint density at radius 2 is 1.60 bits per heavy atom. The molecule has 0 bridgehead atoms. The smallest absolute Gasteiger partial charge is 0.304 e. The molecule has 0 aliphatic rings. The highest BCUT2D eigenvalue weighted by Crippen LogP contribution is 2.23. The second-order valence-corrected chi connectivity index (χ2v) is 12.2. The highest BCUT2D eigenvalue weighted by molar-refractivity contribution is 7.90. The maximum absolute atomic E-state index is 14.2. The van der Waals surface area contributed by atoms with Gasteiger partial charge in [-0.15, -0.1) is 0 Å². The summed E-state index contributed by atoms with van der Waals surface area (Å²) in [6.45, 7) is 3.23. The lowest BCUT2D eigenvalue weighted by molar-refractivity contribution is -0.140. The summed E-state index contributed by atoms with van der Waals surface area (Å²) in [4.78, 5) is 29.4. The quantitative estimate of drug-likeness (QED) is 0.303. The average molecular weight is 599 g/mol. The van der Waals surface area contributed by atoms with Gasteiger partial charge in [-0.05, 0) is 60.9 Å². The number of carbonyl (C=O) groups excluding carboxylic acids is 2. The van der Waals surface area contributed by atoms with Gasteiger partial charge in [0.05, 0.1) is 12.8 Å². The van der Waals surface area contributed by atoms with Crippen molar-refractivity contribution in [2.24, 2.45) is 0 Å². The molecule has 0 saturated heterocycles. The number of anilines is 1. The molecule has 226 valence electrons. The minimum Gasteiger partial charge on any atom is -0.497 e. The van der Waals surface area contributed by atoms with Gasteiger partial charge in [0.15, 0.2) is 0 Å². The molecule has 0 heterocycles. The number of benzene rings is 3. The number of halogens is 1. The van der Waals surface area contributed by atoms with Gasteiger partial charge in [0, 0.05) is 33.1 Å². The zero-order valence-electron chi connectivity index (χ0n) is 24.7. The van der Waals surface area contributed by atoms with Crippen LogP contribution in [0.2, 0.25) is 0 Å². The number of nitrogens with one attached hydrogen (secondary N) is 1. The average Bonchev–Trinajstić information content (AvgIpc) is 2.98. The lowest BCUT2D eigenvalue weighted by Crippen LogP contribution is -2.55. The van der Waals surface area contributed by atoms with Gasteiger partial charge in [-0.3, -0.25) is 9.59 Å². The fourth-order valence-corrected chi connectivity index (χ4v) is 5.34. The highest BCUT2D eigenvalue weighted by Gasteiger charge is 2.35. The molecule has 0 radical (unpaired) electrons. The molecule has 3 aromatic rings. The minimum atomic E-state index is -4.17. The standard InChI is InChI=1S/C31H39FN4O5S/c1-6-23(2)33-31(38)29(20-24-11-8-7-9-12-24)35(21-25-13-10-14-28(19-25)41-5)30(37)22-36(42(39,40)34(3)4)27-17-15-26(32)16-18-27/h7-19,23,29H,6,20-22H2,1-5H3,(H,33,38)/t23-,29-/m1/s1. The summed E-state index contributed by atoms with van der Waals surface area (Å²) < 4.78 is 47.8. The van der Waals surface area contributed by atoms with E-state index in [9.17, 15) is 22.4 Å². The molecule has 3 rings (SSSR count). The third-order valence-corrected chi connectivity index (χ3v) is 8.71. The van der Waals surface area contributed by atoms with Crippen LogP contribution < -0.4 is 14.4 Å². The highest BCUT2D eigenvalue weighted by atomic mass is 32.2. The third kappa shape index (κ3) is 8.53. The van der Waals surface area contributed by atoms with Crippen molar-refractivity contribution in [3.05, 3.63) is 95.8 Å². The number of nitrogens with zero attached hydrogens (tertiary/aromatic N) is 3. The summed E-state index contributed by atoms with van der Waals surface area (Å²) in [5, 5.41) is 2.99. The first-order chi connectivity index (χ1) is 20.0. The van der Waals surface area contributed by atoms with Crippen molar-refractivity contribution < 1.29 is 27.1 Å². The summed E-state index contributed by atoms with van der Waals surface area (Å²) in [6, 6.07) is 20.2. The van der Waals surface area contributed by atoms with E-state index >= 15 is 0 Å². The van der Waals surface area contributed by atoms with Gasteiger partial charge in [0.25, 0.3) is 0 Å². The van der Waals surface area contributed by atoms with Crippen LogP contribution in [0, 0.1) is 5.82 Å². The van der Waals surface area contributed by atoms with Crippen molar-refractivity contribution in [1.82, 2.24) is 14.5 Å². The molecule has 2 amide bonds. The molecule has 1 N–H and O–H groups in total. The van der Waals surface area contributed by atoms with Gasteiger partial charge >= 0.3 is 10.2 Å². The van der Waals surface area contributed by atoms with Crippen molar-refractivity contribution in [3.63, 3.8) is 0 Å². The summed E-state index contributed by atoms with van der Waals surface area (Å²) in [7, 11) is 0.0643. The van der Waals surface area contributed by atoms with Crippen molar-refractivity contribution in [2.75, 3.05) is 32.1 Å². The van der Waals surface area contributed by atoms with Crippen LogP contribution in [0.15, 0.2) is 78.9 Å². The Morgan fingerprint density at radius 1 is 0.952 bits per heavy atom. The number of hydrogen-bond donors (Lipinski definition) is 1. The number of amides is 2. The van der Waals surface area contributed by atoms with Crippen molar-refractivity contribution in [2.45, 2.75) is 45.3 Å². The van der Waals surface area contributed by atoms with Crippen LogP contribution in [-0.2, 0) is 32.8 Å². The predicted molar refractivity (Wildman–Crippen MR) is 162 cm³/mol. The van der Waals surface area contributed by atoms with E-state index in [1.165, 1.54) is 38.2 Å². The number of rotatable bonds is 14. The molecule has 0 aliphatic heterocycles. The second kappa shape index (κ2) is 14.8. The Labute approximate surface area is 248 Å². The molecule has 9 nitrogen and oxygen atoms in total. The third-order valence-electron chi connectivity index (χ3n) is 6.89. The number of ether oxygens (including phenoxy) is 1. The molecule has 2 atom stereocenters. The molecule has 0 saturated carbocycles. The maximum Gasteiger partial charge on any atom is 0.304 e. The summed E-state index contributed by atoms with van der Waals surface area (Å²) in [6.07, 6.45) is 0.892. The Morgan fingerprint density at radius 3 is 2.19 bits per heavy atom. The monoisotopic (exact) mass is 598 g/mol. The molecule has 3 aromatic carbocycles. The maximum atomic E-state index is 14.2. The second-order valence-electron chi connectivity index (χ2n) is 10.2. The van der Waals surface area contributed by atoms with Crippen molar-refractivity contribution >= 4 is 27.7 Å². The van der Waals surface area contributed by atoms with Crippen LogP contribution >= 0.6 is 0 Å². The molecule has 11 heteroatoms. The first-order valence-corrected chi connectivity index (χ1v) is 15.1. The number of carbonyl (C=O) groups is 2. The topological polar surface area (TPSA) is 99.3 Å². The van der Waals surface area contributed by atoms with Crippen LogP contribution in [0.25, 0.3) is 0 Å². The van der Waals surface area contributed by atoms with Gasteiger partial charge in [-0.2, -0.15) is 12.7 Å². The van der Waals surface area contributed by atoms with Gasteiger partial charge in [-0.25, -0.2) is 8.70 Å². The number of methoxy groups -OCH3 is 1. The van der Waals surface area contributed by atoms with E-state index in [-0.39, 0.29) is 30.6 Å². The zero-order chi connectivity index (χ0) is 30.9. The van der Waals surface area contributed by atoms with Gasteiger partial charge in [-0.1, -0.05) is 49.4 Å². The SMILES string of the molecule is CC[C@@H](C)NC(=O)[C@@H](Cc1ccccc1)N(Cc1cccc(OC)c1)C(=O)CN(c1ccc(F)cc1)S(=O)(=O)N(C)C. The lowest BCUT2D eigenvalue weighted by atomic mass is 10.0. The van der Waals surface area contributed by atoms with Crippen molar-refractivity contribution in [3.8, 4) is 5.75 Å². The van der Waals surface area contributed by atoms with E-state index in [1.54, 1.807) is 18.2 Å². The first kappa shape index (κ1) is 32.6. The summed E-state index contributed by atoms with van der Waals surface area (Å²) >= 11 is 0. The van der Waals surface area contributed by atoms with Gasteiger partial charge in [0.1, 0.15) is 24.2 Å². The van der Waals surface area contributed by atoms with E-state index in [1.807, 2.05) is 50.2 Å². The van der Waals surface area contributed by atoms with Crippen LogP contribution in [0.1, 0.15) is 31.4 Å². The Kier molecular flexibility index (Phi) is 11.5. The molecular weight excluding hydrogens is 559 g/mol. The van der Waals surface area contributed by atoms with Crippen molar-refractivity contribution in [1.29, 1.82) is 0 Å². The molecule has 0 aliphatic carbocycles. The number of hydrogen-bond acceptors (Lipinski definition) is 5.